The maximum absolute atomic E-state index is 12.7. The van der Waals surface area contributed by atoms with E-state index < -0.39 is 17.9 Å². The minimum atomic E-state index is -0.648. The van der Waals surface area contributed by atoms with Crippen LogP contribution in [-0.4, -0.2) is 29.9 Å². The highest BCUT2D eigenvalue weighted by Gasteiger charge is 2.34. The first kappa shape index (κ1) is 21.0. The first-order valence-corrected chi connectivity index (χ1v) is 10.1. The quantitative estimate of drug-likeness (QED) is 0.303. The fraction of sp³-hybridized carbons (Fsp3) is 0.0952. The maximum atomic E-state index is 12.7. The van der Waals surface area contributed by atoms with Crippen molar-refractivity contribution in [1.82, 2.24) is 10.2 Å². The average Bonchev–Trinajstić information content (AvgIpc) is 3.47. The number of urea groups is 1. The van der Waals surface area contributed by atoms with E-state index in [0.29, 0.717) is 16.5 Å². The standard InChI is InChI=1S/C21H14BrClN2O6/c1-29-20(27)18-7-4-13(31-18)10-25-19(26)16(24-21(25)28)9-12-3-6-17(30-12)11-2-5-14(22)15(23)8-11/h2-9H,10H2,1H3,(H,24,28)/b16-9-. The number of hydrogen-bond acceptors (Lipinski definition) is 6. The van der Waals surface area contributed by atoms with Gasteiger partial charge in [-0.15, -0.1) is 0 Å². The molecule has 158 valence electrons. The predicted octanol–water partition coefficient (Wildman–Crippen LogP) is 4.84. The molecule has 0 atom stereocenters. The van der Waals surface area contributed by atoms with Gasteiger partial charge in [0.2, 0.25) is 5.76 Å². The number of carbonyl (C=O) groups is 3. The van der Waals surface area contributed by atoms with Gasteiger partial charge in [-0.1, -0.05) is 17.7 Å². The second kappa shape index (κ2) is 8.44. The molecule has 0 radical (unpaired) electrons. The van der Waals surface area contributed by atoms with Gasteiger partial charge in [-0.2, -0.15) is 0 Å². The molecule has 1 aliphatic rings. The molecule has 0 spiro atoms. The van der Waals surface area contributed by atoms with Crippen molar-refractivity contribution in [3.63, 3.8) is 0 Å². The number of amides is 3. The molecule has 31 heavy (non-hydrogen) atoms. The lowest BCUT2D eigenvalue weighted by atomic mass is 10.2. The summed E-state index contributed by atoms with van der Waals surface area (Å²) in [4.78, 5) is 37.4. The predicted molar refractivity (Wildman–Crippen MR) is 114 cm³/mol. The highest BCUT2D eigenvalue weighted by atomic mass is 79.9. The summed E-state index contributed by atoms with van der Waals surface area (Å²) in [5.74, 6) is -0.0178. The van der Waals surface area contributed by atoms with Crippen LogP contribution in [0.25, 0.3) is 17.4 Å². The summed E-state index contributed by atoms with van der Waals surface area (Å²) < 4.78 is 16.4. The van der Waals surface area contributed by atoms with E-state index in [1.807, 2.05) is 6.07 Å². The molecule has 2 aromatic heterocycles. The van der Waals surface area contributed by atoms with Crippen molar-refractivity contribution in [2.75, 3.05) is 7.11 Å². The van der Waals surface area contributed by atoms with E-state index in [2.05, 4.69) is 26.0 Å². The highest BCUT2D eigenvalue weighted by molar-refractivity contribution is 9.10. The molecule has 1 fully saturated rings. The van der Waals surface area contributed by atoms with Gasteiger partial charge in [0.15, 0.2) is 0 Å². The summed E-state index contributed by atoms with van der Waals surface area (Å²) in [6.45, 7) is -0.139. The number of imide groups is 1. The average molecular weight is 506 g/mol. The molecule has 1 saturated heterocycles. The number of furan rings is 2. The lowest BCUT2D eigenvalue weighted by Gasteiger charge is -2.09. The van der Waals surface area contributed by atoms with Crippen molar-refractivity contribution >= 4 is 51.5 Å². The Morgan fingerprint density at radius 3 is 2.74 bits per heavy atom. The molecule has 0 saturated carbocycles. The monoisotopic (exact) mass is 504 g/mol. The van der Waals surface area contributed by atoms with Gasteiger partial charge in [0.1, 0.15) is 23.0 Å². The number of rotatable bonds is 5. The minimum absolute atomic E-state index is 0.0171. The second-order valence-electron chi connectivity index (χ2n) is 6.47. The SMILES string of the molecule is COC(=O)c1ccc(CN2C(=O)N/C(=C\c3ccc(-c4ccc(Br)c(Cl)c4)o3)C2=O)o1. The molecule has 8 nitrogen and oxygen atoms in total. The minimum Gasteiger partial charge on any atom is -0.463 e. The second-order valence-corrected chi connectivity index (χ2v) is 7.73. The molecule has 3 aromatic rings. The van der Waals surface area contributed by atoms with E-state index in [1.54, 1.807) is 24.3 Å². The molecular weight excluding hydrogens is 492 g/mol. The van der Waals surface area contributed by atoms with Crippen LogP contribution < -0.4 is 5.32 Å². The van der Waals surface area contributed by atoms with Gasteiger partial charge in [-0.3, -0.25) is 9.69 Å². The Morgan fingerprint density at radius 1 is 1.19 bits per heavy atom. The van der Waals surface area contributed by atoms with E-state index in [0.717, 1.165) is 14.9 Å². The molecule has 1 aliphatic heterocycles. The van der Waals surface area contributed by atoms with Crippen molar-refractivity contribution in [3.8, 4) is 11.3 Å². The Morgan fingerprint density at radius 2 is 2.00 bits per heavy atom. The third kappa shape index (κ3) is 4.28. The van der Waals surface area contributed by atoms with Crippen LogP contribution >= 0.6 is 27.5 Å². The summed E-state index contributed by atoms with van der Waals surface area (Å²) in [6.07, 6.45) is 1.44. The Labute approximate surface area is 189 Å². The summed E-state index contributed by atoms with van der Waals surface area (Å²) in [7, 11) is 1.23. The number of methoxy groups -OCH3 is 1. The van der Waals surface area contributed by atoms with Crippen molar-refractivity contribution in [3.05, 3.63) is 74.9 Å². The van der Waals surface area contributed by atoms with E-state index in [9.17, 15) is 14.4 Å². The third-order valence-corrected chi connectivity index (χ3v) is 5.67. The van der Waals surface area contributed by atoms with Crippen LogP contribution in [0.5, 0.6) is 0 Å². The topological polar surface area (TPSA) is 102 Å². The molecule has 0 bridgehead atoms. The molecule has 3 amide bonds. The summed E-state index contributed by atoms with van der Waals surface area (Å²) >= 11 is 9.46. The zero-order valence-electron chi connectivity index (χ0n) is 16.0. The van der Waals surface area contributed by atoms with Gasteiger partial charge in [0.25, 0.3) is 5.91 Å². The van der Waals surface area contributed by atoms with Gasteiger partial charge < -0.3 is 18.9 Å². The fourth-order valence-electron chi connectivity index (χ4n) is 2.92. The molecule has 0 unspecified atom stereocenters. The molecule has 0 aliphatic carbocycles. The Balaban J connectivity index is 1.51. The van der Waals surface area contributed by atoms with Crippen LogP contribution in [-0.2, 0) is 16.1 Å². The number of ether oxygens (including phenoxy) is 1. The van der Waals surface area contributed by atoms with Gasteiger partial charge in [-0.05, 0) is 52.3 Å². The van der Waals surface area contributed by atoms with Crippen LogP contribution in [0, 0.1) is 0 Å². The van der Waals surface area contributed by atoms with Gasteiger partial charge in [-0.25, -0.2) is 9.59 Å². The number of esters is 1. The van der Waals surface area contributed by atoms with Crippen LogP contribution in [0.3, 0.4) is 0 Å². The normalized spacial score (nSPS) is 14.9. The first-order chi connectivity index (χ1) is 14.9. The molecule has 1 N–H and O–H groups in total. The van der Waals surface area contributed by atoms with Crippen LogP contribution in [0.15, 0.2) is 61.5 Å². The number of halogens is 2. The first-order valence-electron chi connectivity index (χ1n) is 8.92. The van der Waals surface area contributed by atoms with Crippen molar-refractivity contribution in [2.24, 2.45) is 0 Å². The van der Waals surface area contributed by atoms with Crippen LogP contribution in [0.2, 0.25) is 5.02 Å². The van der Waals surface area contributed by atoms with E-state index in [-0.39, 0.29) is 23.8 Å². The number of nitrogens with one attached hydrogen (secondary N) is 1. The van der Waals surface area contributed by atoms with E-state index in [4.69, 9.17) is 20.4 Å². The summed E-state index contributed by atoms with van der Waals surface area (Å²) in [5, 5.41) is 3.04. The van der Waals surface area contributed by atoms with Gasteiger partial charge >= 0.3 is 12.0 Å². The lowest BCUT2D eigenvalue weighted by molar-refractivity contribution is -0.123. The van der Waals surface area contributed by atoms with Crippen molar-refractivity contribution in [1.29, 1.82) is 0 Å². The Hall–Kier alpha value is -3.30. The number of carbonyl (C=O) groups excluding carboxylic acids is 3. The molecular formula is C21H14BrClN2O6. The fourth-order valence-corrected chi connectivity index (χ4v) is 3.35. The van der Waals surface area contributed by atoms with E-state index >= 15 is 0 Å². The largest absolute Gasteiger partial charge is 0.463 e. The van der Waals surface area contributed by atoms with Crippen LogP contribution in [0.4, 0.5) is 4.79 Å². The Bertz CT molecular complexity index is 1230. The smallest absolute Gasteiger partial charge is 0.373 e. The summed E-state index contributed by atoms with van der Waals surface area (Å²) in [5.41, 5.74) is 0.819. The number of hydrogen-bond donors (Lipinski definition) is 1. The van der Waals surface area contributed by atoms with Crippen LogP contribution in [0.1, 0.15) is 22.1 Å². The van der Waals surface area contributed by atoms with Crippen molar-refractivity contribution < 1.29 is 28.0 Å². The third-order valence-electron chi connectivity index (χ3n) is 4.44. The zero-order valence-corrected chi connectivity index (χ0v) is 18.3. The molecule has 10 heteroatoms. The van der Waals surface area contributed by atoms with Gasteiger partial charge in [0.05, 0.1) is 18.7 Å². The molecule has 3 heterocycles. The van der Waals surface area contributed by atoms with E-state index in [1.165, 1.54) is 25.3 Å². The summed E-state index contributed by atoms with van der Waals surface area (Å²) in [6, 6.07) is 11.1. The molecule has 4 rings (SSSR count). The number of nitrogens with zero attached hydrogens (tertiary/aromatic N) is 1. The Kier molecular flexibility index (Phi) is 5.71. The van der Waals surface area contributed by atoms with Crippen molar-refractivity contribution in [2.45, 2.75) is 6.54 Å². The molecule has 1 aromatic carbocycles. The zero-order chi connectivity index (χ0) is 22.1. The maximum Gasteiger partial charge on any atom is 0.373 e. The lowest BCUT2D eigenvalue weighted by Crippen LogP contribution is -2.30. The number of benzene rings is 1. The highest BCUT2D eigenvalue weighted by Crippen LogP contribution is 2.30. The van der Waals surface area contributed by atoms with Gasteiger partial charge in [0, 0.05) is 16.1 Å².